The van der Waals surface area contributed by atoms with E-state index in [2.05, 4.69) is 53.5 Å². The first-order chi connectivity index (χ1) is 9.75. The number of para-hydroxylation sites is 1. The normalized spacial score (nSPS) is 16.9. The number of rotatable bonds is 2. The first kappa shape index (κ1) is 13.1. The highest BCUT2D eigenvalue weighted by Crippen LogP contribution is 2.31. The van der Waals surface area contributed by atoms with Crippen molar-refractivity contribution < 1.29 is 0 Å². The minimum Gasteiger partial charge on any atom is -0.358 e. The molecule has 2 aromatic carbocycles. The van der Waals surface area contributed by atoms with Crippen LogP contribution in [0.3, 0.4) is 0 Å². The zero-order valence-electron chi connectivity index (χ0n) is 11.5. The predicted molar refractivity (Wildman–Crippen MR) is 88.0 cm³/mol. The Labute approximate surface area is 125 Å². The molecule has 1 heterocycles. The lowest BCUT2D eigenvalue weighted by molar-refractivity contribution is 0.755. The third kappa shape index (κ3) is 2.54. The largest absolute Gasteiger partial charge is 0.358 e. The van der Waals surface area contributed by atoms with Crippen LogP contribution in [0.15, 0.2) is 54.6 Å². The average molecular weight is 282 g/mol. The van der Waals surface area contributed by atoms with Gasteiger partial charge in [0, 0.05) is 18.3 Å². The lowest BCUT2D eigenvalue weighted by atomic mass is 10.1. The quantitative estimate of drug-likeness (QED) is 0.849. The summed E-state index contributed by atoms with van der Waals surface area (Å²) in [6.07, 6.45) is 1.06. The van der Waals surface area contributed by atoms with E-state index in [4.69, 9.17) is 12.2 Å². The van der Waals surface area contributed by atoms with Gasteiger partial charge < -0.3 is 10.2 Å². The zero-order chi connectivity index (χ0) is 13.9. The minimum absolute atomic E-state index is 0.420. The van der Waals surface area contributed by atoms with E-state index in [0.29, 0.717) is 6.04 Å². The topological polar surface area (TPSA) is 15.3 Å². The monoisotopic (exact) mass is 282 g/mol. The molecule has 1 aliphatic heterocycles. The molecule has 0 aliphatic carbocycles. The minimum atomic E-state index is 0.420. The van der Waals surface area contributed by atoms with Gasteiger partial charge in [-0.05, 0) is 42.8 Å². The molecule has 2 aromatic rings. The van der Waals surface area contributed by atoms with Crippen LogP contribution in [-0.4, -0.2) is 11.2 Å². The molecule has 102 valence electrons. The van der Waals surface area contributed by atoms with Crippen molar-refractivity contribution in [3.63, 3.8) is 0 Å². The van der Waals surface area contributed by atoms with Crippen molar-refractivity contribution in [2.75, 3.05) is 4.90 Å². The summed E-state index contributed by atoms with van der Waals surface area (Å²) in [6.45, 7) is 2.99. The summed E-state index contributed by atoms with van der Waals surface area (Å²) in [5.41, 5.74) is 3.87. The van der Waals surface area contributed by atoms with E-state index in [1.165, 1.54) is 16.8 Å². The van der Waals surface area contributed by atoms with Crippen LogP contribution in [0.25, 0.3) is 0 Å². The van der Waals surface area contributed by atoms with Gasteiger partial charge in [0.1, 0.15) is 0 Å². The molecule has 0 amide bonds. The predicted octanol–water partition coefficient (Wildman–Crippen LogP) is 3.51. The SMILES string of the molecule is CC1Cc2ccccc2N1C(=S)NCc1ccccc1. The molecule has 20 heavy (non-hydrogen) atoms. The van der Waals surface area contributed by atoms with Crippen molar-refractivity contribution in [3.05, 3.63) is 65.7 Å². The van der Waals surface area contributed by atoms with Crippen LogP contribution in [0.2, 0.25) is 0 Å². The molecule has 0 saturated heterocycles. The lowest BCUT2D eigenvalue weighted by Crippen LogP contribution is -2.42. The first-order valence-electron chi connectivity index (χ1n) is 6.94. The Morgan fingerprint density at radius 2 is 1.85 bits per heavy atom. The summed E-state index contributed by atoms with van der Waals surface area (Å²) in [5.74, 6) is 0. The highest BCUT2D eigenvalue weighted by Gasteiger charge is 2.28. The number of benzene rings is 2. The molecule has 0 fully saturated rings. The van der Waals surface area contributed by atoms with Gasteiger partial charge >= 0.3 is 0 Å². The Morgan fingerprint density at radius 1 is 1.15 bits per heavy atom. The van der Waals surface area contributed by atoms with Gasteiger partial charge in [0.2, 0.25) is 0 Å². The Hall–Kier alpha value is -1.87. The lowest BCUT2D eigenvalue weighted by Gasteiger charge is -2.26. The Bertz CT molecular complexity index is 609. The van der Waals surface area contributed by atoms with Gasteiger partial charge in [-0.25, -0.2) is 0 Å². The molecule has 0 bridgehead atoms. The van der Waals surface area contributed by atoms with Crippen molar-refractivity contribution in [2.45, 2.75) is 25.9 Å². The number of hydrogen-bond donors (Lipinski definition) is 1. The molecular formula is C17H18N2S. The van der Waals surface area contributed by atoms with Crippen molar-refractivity contribution in [1.82, 2.24) is 5.32 Å². The summed E-state index contributed by atoms with van der Waals surface area (Å²) in [5, 5.41) is 4.18. The molecule has 2 nitrogen and oxygen atoms in total. The number of nitrogens with zero attached hydrogens (tertiary/aromatic N) is 1. The fourth-order valence-corrected chi connectivity index (χ4v) is 3.08. The van der Waals surface area contributed by atoms with Crippen LogP contribution in [0.4, 0.5) is 5.69 Å². The maximum atomic E-state index is 5.58. The molecule has 0 spiro atoms. The van der Waals surface area contributed by atoms with Gasteiger partial charge in [-0.2, -0.15) is 0 Å². The Morgan fingerprint density at radius 3 is 2.65 bits per heavy atom. The van der Waals surface area contributed by atoms with Crippen molar-refractivity contribution in [2.24, 2.45) is 0 Å². The second-order valence-corrected chi connectivity index (χ2v) is 5.58. The molecule has 1 aliphatic rings. The molecular weight excluding hydrogens is 264 g/mol. The van der Waals surface area contributed by atoms with Gasteiger partial charge in [0.15, 0.2) is 5.11 Å². The van der Waals surface area contributed by atoms with E-state index in [9.17, 15) is 0 Å². The summed E-state index contributed by atoms with van der Waals surface area (Å²) >= 11 is 5.58. The van der Waals surface area contributed by atoms with Gasteiger partial charge in [-0.1, -0.05) is 48.5 Å². The van der Waals surface area contributed by atoms with E-state index in [-0.39, 0.29) is 0 Å². The van der Waals surface area contributed by atoms with E-state index in [1.807, 2.05) is 18.2 Å². The van der Waals surface area contributed by atoms with Crippen molar-refractivity contribution in [1.29, 1.82) is 0 Å². The third-order valence-corrected chi connectivity index (χ3v) is 4.05. The highest BCUT2D eigenvalue weighted by molar-refractivity contribution is 7.80. The first-order valence-corrected chi connectivity index (χ1v) is 7.35. The molecule has 0 aromatic heterocycles. The Kier molecular flexibility index (Phi) is 3.70. The molecule has 0 saturated carbocycles. The van der Waals surface area contributed by atoms with Crippen LogP contribution in [0.1, 0.15) is 18.1 Å². The summed E-state index contributed by atoms with van der Waals surface area (Å²) < 4.78 is 0. The van der Waals surface area contributed by atoms with Gasteiger partial charge in [-0.15, -0.1) is 0 Å². The fraction of sp³-hybridized carbons (Fsp3) is 0.235. The third-order valence-electron chi connectivity index (χ3n) is 3.71. The molecule has 1 N–H and O–H groups in total. The summed E-state index contributed by atoms with van der Waals surface area (Å²) in [6, 6.07) is 19.3. The number of hydrogen-bond acceptors (Lipinski definition) is 1. The number of nitrogens with one attached hydrogen (secondary N) is 1. The van der Waals surface area contributed by atoms with Gasteiger partial charge in [-0.3, -0.25) is 0 Å². The average Bonchev–Trinajstić information content (AvgIpc) is 2.82. The number of fused-ring (bicyclic) bond motifs is 1. The van der Waals surface area contributed by atoms with Crippen LogP contribution in [-0.2, 0) is 13.0 Å². The second kappa shape index (κ2) is 5.63. The summed E-state index contributed by atoms with van der Waals surface area (Å²) in [4.78, 5) is 2.23. The summed E-state index contributed by atoms with van der Waals surface area (Å²) in [7, 11) is 0. The highest BCUT2D eigenvalue weighted by atomic mass is 32.1. The standard InChI is InChI=1S/C17H18N2S/c1-13-11-15-9-5-6-10-16(15)19(13)17(20)18-12-14-7-3-2-4-8-14/h2-10,13H,11-12H2,1H3,(H,18,20). The van der Waals surface area contributed by atoms with Crippen LogP contribution in [0, 0.1) is 0 Å². The van der Waals surface area contributed by atoms with E-state index >= 15 is 0 Å². The van der Waals surface area contributed by atoms with Gasteiger partial charge in [0.25, 0.3) is 0 Å². The maximum Gasteiger partial charge on any atom is 0.174 e. The van der Waals surface area contributed by atoms with Crippen molar-refractivity contribution >= 4 is 23.0 Å². The molecule has 0 radical (unpaired) electrons. The fourth-order valence-electron chi connectivity index (χ4n) is 2.73. The molecule has 1 atom stereocenters. The zero-order valence-corrected chi connectivity index (χ0v) is 12.4. The van der Waals surface area contributed by atoms with Crippen LogP contribution >= 0.6 is 12.2 Å². The van der Waals surface area contributed by atoms with E-state index in [0.717, 1.165) is 18.1 Å². The second-order valence-electron chi connectivity index (χ2n) is 5.20. The molecule has 1 unspecified atom stereocenters. The van der Waals surface area contributed by atoms with Gasteiger partial charge in [0.05, 0.1) is 0 Å². The molecule has 3 heteroatoms. The number of anilines is 1. The van der Waals surface area contributed by atoms with Crippen molar-refractivity contribution in [3.8, 4) is 0 Å². The van der Waals surface area contributed by atoms with E-state index < -0.39 is 0 Å². The molecule has 3 rings (SSSR count). The smallest absolute Gasteiger partial charge is 0.174 e. The van der Waals surface area contributed by atoms with Crippen LogP contribution in [0.5, 0.6) is 0 Å². The maximum absolute atomic E-state index is 5.58. The Balaban J connectivity index is 1.71. The van der Waals surface area contributed by atoms with E-state index in [1.54, 1.807) is 0 Å². The number of thiocarbonyl (C=S) groups is 1. The van der Waals surface area contributed by atoms with Crippen LogP contribution < -0.4 is 10.2 Å².